The number of H-pyrrole nitrogens is 1. The molecule has 0 aliphatic heterocycles. The van der Waals surface area contributed by atoms with Crippen LogP contribution in [0.25, 0.3) is 11.4 Å². The van der Waals surface area contributed by atoms with Crippen molar-refractivity contribution in [3.8, 4) is 11.4 Å². The molecule has 0 spiro atoms. The van der Waals surface area contributed by atoms with Gasteiger partial charge in [0.1, 0.15) is 5.82 Å². The SMILES string of the molecule is Cc1cc(/C=N\n2c(-c3cccc(F)c3)n[nH]c2=S)c(C)n1C(C)C. The molecule has 0 unspecified atom stereocenters. The van der Waals surface area contributed by atoms with Crippen molar-refractivity contribution >= 4 is 18.4 Å². The Hall–Kier alpha value is -2.54. The van der Waals surface area contributed by atoms with Gasteiger partial charge < -0.3 is 4.57 Å². The average molecular weight is 357 g/mol. The van der Waals surface area contributed by atoms with Crippen LogP contribution in [0.4, 0.5) is 4.39 Å². The topological polar surface area (TPSA) is 50.9 Å². The van der Waals surface area contributed by atoms with Crippen LogP contribution >= 0.6 is 12.2 Å². The molecule has 3 aromatic rings. The minimum absolute atomic E-state index is 0.331. The number of nitrogens with one attached hydrogen (secondary N) is 1. The maximum atomic E-state index is 13.5. The molecule has 0 atom stereocenters. The number of aryl methyl sites for hydroxylation is 1. The molecule has 0 saturated heterocycles. The van der Waals surface area contributed by atoms with E-state index in [1.54, 1.807) is 18.3 Å². The highest BCUT2D eigenvalue weighted by Crippen LogP contribution is 2.20. The maximum Gasteiger partial charge on any atom is 0.216 e. The Morgan fingerprint density at radius 2 is 2.04 bits per heavy atom. The summed E-state index contributed by atoms with van der Waals surface area (Å²) < 4.78 is 17.6. The maximum absolute atomic E-state index is 13.5. The molecule has 0 aliphatic rings. The van der Waals surface area contributed by atoms with E-state index in [1.165, 1.54) is 22.5 Å². The Morgan fingerprint density at radius 3 is 2.68 bits per heavy atom. The van der Waals surface area contributed by atoms with Gasteiger partial charge in [-0.05, 0) is 58.1 Å². The molecule has 5 nitrogen and oxygen atoms in total. The van der Waals surface area contributed by atoms with Crippen molar-refractivity contribution in [3.05, 3.63) is 57.9 Å². The third kappa shape index (κ3) is 3.32. The first-order valence-corrected chi connectivity index (χ1v) is 8.45. The molecule has 0 radical (unpaired) electrons. The van der Waals surface area contributed by atoms with E-state index in [0.29, 0.717) is 22.2 Å². The van der Waals surface area contributed by atoms with Crippen molar-refractivity contribution in [2.75, 3.05) is 0 Å². The van der Waals surface area contributed by atoms with Gasteiger partial charge in [0.2, 0.25) is 4.77 Å². The van der Waals surface area contributed by atoms with Crippen molar-refractivity contribution in [3.63, 3.8) is 0 Å². The minimum Gasteiger partial charge on any atom is -0.346 e. The number of hydrogen-bond acceptors (Lipinski definition) is 3. The Balaban J connectivity index is 2.02. The lowest BCUT2D eigenvalue weighted by molar-refractivity contribution is 0.574. The van der Waals surface area contributed by atoms with Gasteiger partial charge in [0.15, 0.2) is 5.82 Å². The Morgan fingerprint density at radius 1 is 1.28 bits per heavy atom. The van der Waals surface area contributed by atoms with Gasteiger partial charge >= 0.3 is 0 Å². The molecular formula is C18H20FN5S. The molecule has 0 saturated carbocycles. The van der Waals surface area contributed by atoms with Crippen LogP contribution in [0.3, 0.4) is 0 Å². The standard InChI is InChI=1S/C18H20FN5S/c1-11(2)23-12(3)8-15(13(23)4)10-20-24-17(21-22-18(24)25)14-6-5-7-16(19)9-14/h5-11H,1-4H3,(H,22,25)/b20-10-. The van der Waals surface area contributed by atoms with E-state index in [1.807, 2.05) is 0 Å². The number of benzene rings is 1. The summed E-state index contributed by atoms with van der Waals surface area (Å²) in [5.41, 5.74) is 3.94. The quantitative estimate of drug-likeness (QED) is 0.547. The number of aromatic nitrogens is 4. The lowest BCUT2D eigenvalue weighted by Gasteiger charge is -2.13. The van der Waals surface area contributed by atoms with E-state index in [-0.39, 0.29) is 5.82 Å². The van der Waals surface area contributed by atoms with Gasteiger partial charge in [-0.15, -0.1) is 0 Å². The minimum atomic E-state index is -0.331. The van der Waals surface area contributed by atoms with Gasteiger partial charge in [0.05, 0.1) is 6.21 Å². The third-order valence-electron chi connectivity index (χ3n) is 4.09. The smallest absolute Gasteiger partial charge is 0.216 e. The van der Waals surface area contributed by atoms with Crippen molar-refractivity contribution in [2.24, 2.45) is 5.10 Å². The first-order valence-electron chi connectivity index (χ1n) is 8.04. The first kappa shape index (κ1) is 17.3. The first-order chi connectivity index (χ1) is 11.9. The van der Waals surface area contributed by atoms with Crippen LogP contribution in [-0.2, 0) is 0 Å². The van der Waals surface area contributed by atoms with Gasteiger partial charge in [-0.25, -0.2) is 9.49 Å². The molecule has 2 heterocycles. The molecule has 2 aromatic heterocycles. The van der Waals surface area contributed by atoms with Crippen LogP contribution in [0.1, 0.15) is 36.8 Å². The van der Waals surface area contributed by atoms with Crippen LogP contribution in [0.2, 0.25) is 0 Å². The van der Waals surface area contributed by atoms with Crippen LogP contribution in [-0.4, -0.2) is 25.7 Å². The second kappa shape index (κ2) is 6.76. The van der Waals surface area contributed by atoms with Gasteiger partial charge in [-0.2, -0.15) is 14.9 Å². The zero-order valence-corrected chi connectivity index (χ0v) is 15.4. The molecule has 130 valence electrons. The summed E-state index contributed by atoms with van der Waals surface area (Å²) in [6.07, 6.45) is 1.76. The predicted molar refractivity (Wildman–Crippen MR) is 100 cm³/mol. The zero-order chi connectivity index (χ0) is 18.1. The van der Waals surface area contributed by atoms with E-state index >= 15 is 0 Å². The van der Waals surface area contributed by atoms with E-state index in [4.69, 9.17) is 12.2 Å². The largest absolute Gasteiger partial charge is 0.346 e. The van der Waals surface area contributed by atoms with E-state index in [2.05, 4.69) is 53.6 Å². The molecule has 0 amide bonds. The number of halogens is 1. The predicted octanol–water partition coefficient (Wildman–Crippen LogP) is 4.63. The van der Waals surface area contributed by atoms with Crippen LogP contribution in [0.15, 0.2) is 35.4 Å². The summed E-state index contributed by atoms with van der Waals surface area (Å²) in [6, 6.07) is 8.66. The summed E-state index contributed by atoms with van der Waals surface area (Å²) >= 11 is 5.26. The highest BCUT2D eigenvalue weighted by Gasteiger charge is 2.11. The summed E-state index contributed by atoms with van der Waals surface area (Å²) in [6.45, 7) is 8.44. The fraction of sp³-hybridized carbons (Fsp3) is 0.278. The highest BCUT2D eigenvalue weighted by atomic mass is 32.1. The van der Waals surface area contributed by atoms with Crippen molar-refractivity contribution < 1.29 is 4.39 Å². The normalized spacial score (nSPS) is 11.8. The molecule has 1 aromatic carbocycles. The van der Waals surface area contributed by atoms with E-state index < -0.39 is 0 Å². The Kier molecular flexibility index (Phi) is 4.67. The lowest BCUT2D eigenvalue weighted by atomic mass is 10.2. The summed E-state index contributed by atoms with van der Waals surface area (Å²) in [5, 5.41) is 11.4. The number of aromatic amines is 1. The summed E-state index contributed by atoms with van der Waals surface area (Å²) in [5.74, 6) is 0.140. The van der Waals surface area contributed by atoms with Gasteiger partial charge in [-0.1, -0.05) is 12.1 Å². The van der Waals surface area contributed by atoms with Gasteiger partial charge in [-0.3, -0.25) is 0 Å². The molecule has 7 heteroatoms. The molecular weight excluding hydrogens is 337 g/mol. The number of nitrogens with zero attached hydrogens (tertiary/aromatic N) is 4. The molecule has 1 N–H and O–H groups in total. The molecule has 3 rings (SSSR count). The molecule has 0 aliphatic carbocycles. The second-order valence-electron chi connectivity index (χ2n) is 6.21. The molecule has 0 bridgehead atoms. The monoisotopic (exact) mass is 357 g/mol. The Labute approximate surface area is 150 Å². The molecule has 25 heavy (non-hydrogen) atoms. The summed E-state index contributed by atoms with van der Waals surface area (Å²) in [7, 11) is 0. The highest BCUT2D eigenvalue weighted by molar-refractivity contribution is 7.71. The Bertz CT molecular complexity index is 993. The van der Waals surface area contributed by atoms with Crippen LogP contribution in [0, 0.1) is 24.4 Å². The number of rotatable bonds is 4. The van der Waals surface area contributed by atoms with Gasteiger partial charge in [0.25, 0.3) is 0 Å². The zero-order valence-electron chi connectivity index (χ0n) is 14.6. The van der Waals surface area contributed by atoms with Crippen LogP contribution in [0.5, 0.6) is 0 Å². The lowest BCUT2D eigenvalue weighted by Crippen LogP contribution is -2.05. The fourth-order valence-electron chi connectivity index (χ4n) is 3.06. The fourth-order valence-corrected chi connectivity index (χ4v) is 3.24. The van der Waals surface area contributed by atoms with E-state index in [9.17, 15) is 4.39 Å². The third-order valence-corrected chi connectivity index (χ3v) is 4.35. The van der Waals surface area contributed by atoms with Crippen molar-refractivity contribution in [1.29, 1.82) is 0 Å². The van der Waals surface area contributed by atoms with Crippen LogP contribution < -0.4 is 0 Å². The second-order valence-corrected chi connectivity index (χ2v) is 6.60. The summed E-state index contributed by atoms with van der Waals surface area (Å²) in [4.78, 5) is 0. The van der Waals surface area contributed by atoms with Gasteiger partial charge in [0, 0.05) is 28.6 Å². The van der Waals surface area contributed by atoms with Crippen molar-refractivity contribution in [2.45, 2.75) is 33.7 Å². The number of hydrogen-bond donors (Lipinski definition) is 1. The van der Waals surface area contributed by atoms with Crippen molar-refractivity contribution in [1.82, 2.24) is 19.4 Å². The molecule has 0 fully saturated rings. The average Bonchev–Trinajstić information content (AvgIpc) is 3.05. The van der Waals surface area contributed by atoms with E-state index in [0.717, 1.165) is 11.3 Å².